The van der Waals surface area contributed by atoms with E-state index in [1.807, 2.05) is 11.4 Å². The predicted octanol–water partition coefficient (Wildman–Crippen LogP) is 2.22. The molecule has 2 heterocycles. The van der Waals surface area contributed by atoms with Gasteiger partial charge in [0, 0.05) is 18.0 Å². The summed E-state index contributed by atoms with van der Waals surface area (Å²) in [6.45, 7) is 1.89. The van der Waals surface area contributed by atoms with Crippen LogP contribution in [0.5, 0.6) is 0 Å². The average Bonchev–Trinajstić information content (AvgIpc) is 2.89. The zero-order valence-electron chi connectivity index (χ0n) is 8.96. The van der Waals surface area contributed by atoms with E-state index in [4.69, 9.17) is 0 Å². The number of carbonyl (C=O) groups excluding carboxylic acids is 1. The fraction of sp³-hybridized carbons (Fsp3) is 0.545. The van der Waals surface area contributed by atoms with Crippen molar-refractivity contribution in [1.82, 2.24) is 10.6 Å². The number of carbonyl (C=O) groups is 1. The Kier molecular flexibility index (Phi) is 4.60. The number of rotatable bonds is 4. The van der Waals surface area contributed by atoms with Gasteiger partial charge in [0.1, 0.15) is 0 Å². The van der Waals surface area contributed by atoms with Gasteiger partial charge < -0.3 is 10.6 Å². The lowest BCUT2D eigenvalue weighted by Crippen LogP contribution is -2.30. The molecule has 2 rings (SSSR count). The summed E-state index contributed by atoms with van der Waals surface area (Å²) in [5.74, 6) is 0.0529. The van der Waals surface area contributed by atoms with E-state index >= 15 is 0 Å². The molecule has 1 aliphatic heterocycles. The SMILES string of the molecule is O=C(NCCC1CCCN1)c1csc(I)c1. The van der Waals surface area contributed by atoms with E-state index < -0.39 is 0 Å². The Labute approximate surface area is 113 Å². The lowest BCUT2D eigenvalue weighted by Gasteiger charge is -2.10. The summed E-state index contributed by atoms with van der Waals surface area (Å²) in [7, 11) is 0. The first-order valence-electron chi connectivity index (χ1n) is 5.51. The normalized spacial score (nSPS) is 19.9. The fourth-order valence-corrected chi connectivity index (χ4v) is 3.22. The average molecular weight is 350 g/mol. The summed E-state index contributed by atoms with van der Waals surface area (Å²) in [6, 6.07) is 2.52. The quantitative estimate of drug-likeness (QED) is 0.818. The third-order valence-electron chi connectivity index (χ3n) is 2.77. The highest BCUT2D eigenvalue weighted by Gasteiger charge is 2.14. The second-order valence-electron chi connectivity index (χ2n) is 3.98. The molecule has 1 unspecified atom stereocenters. The molecule has 0 aromatic carbocycles. The Hall–Kier alpha value is -0.140. The van der Waals surface area contributed by atoms with Crippen LogP contribution in [0.3, 0.4) is 0 Å². The van der Waals surface area contributed by atoms with Gasteiger partial charge in [-0.1, -0.05) is 0 Å². The zero-order chi connectivity index (χ0) is 11.4. The van der Waals surface area contributed by atoms with Crippen LogP contribution in [0.1, 0.15) is 29.6 Å². The number of nitrogens with one attached hydrogen (secondary N) is 2. The van der Waals surface area contributed by atoms with Crippen LogP contribution in [0.15, 0.2) is 11.4 Å². The maximum atomic E-state index is 11.7. The van der Waals surface area contributed by atoms with Crippen LogP contribution in [0.4, 0.5) is 0 Å². The summed E-state index contributed by atoms with van der Waals surface area (Å²) in [4.78, 5) is 11.7. The van der Waals surface area contributed by atoms with Crippen molar-refractivity contribution in [3.63, 3.8) is 0 Å². The largest absolute Gasteiger partial charge is 0.352 e. The molecule has 5 heteroatoms. The molecule has 0 saturated carbocycles. The molecule has 1 fully saturated rings. The molecule has 0 spiro atoms. The van der Waals surface area contributed by atoms with Crippen molar-refractivity contribution in [2.75, 3.05) is 13.1 Å². The van der Waals surface area contributed by atoms with Crippen LogP contribution in [-0.2, 0) is 0 Å². The second kappa shape index (κ2) is 5.97. The molecular weight excluding hydrogens is 335 g/mol. The van der Waals surface area contributed by atoms with Gasteiger partial charge in [-0.3, -0.25) is 4.79 Å². The van der Waals surface area contributed by atoms with Crippen LogP contribution < -0.4 is 10.6 Å². The van der Waals surface area contributed by atoms with Crippen molar-refractivity contribution in [2.24, 2.45) is 0 Å². The monoisotopic (exact) mass is 350 g/mol. The molecule has 0 aliphatic carbocycles. The molecule has 1 amide bonds. The molecule has 1 aromatic rings. The first kappa shape index (κ1) is 12.3. The Morgan fingerprint density at radius 3 is 3.19 bits per heavy atom. The minimum atomic E-state index is 0.0529. The molecule has 1 aromatic heterocycles. The van der Waals surface area contributed by atoms with Gasteiger partial charge in [0.05, 0.1) is 8.45 Å². The Morgan fingerprint density at radius 2 is 2.56 bits per heavy atom. The van der Waals surface area contributed by atoms with Crippen LogP contribution in [0, 0.1) is 2.88 Å². The smallest absolute Gasteiger partial charge is 0.252 e. The fourth-order valence-electron chi connectivity index (χ4n) is 1.89. The van der Waals surface area contributed by atoms with Gasteiger partial charge >= 0.3 is 0 Å². The molecule has 0 radical (unpaired) electrons. The molecule has 2 N–H and O–H groups in total. The van der Waals surface area contributed by atoms with E-state index in [2.05, 4.69) is 33.2 Å². The van der Waals surface area contributed by atoms with Crippen molar-refractivity contribution in [3.05, 3.63) is 19.9 Å². The Morgan fingerprint density at radius 1 is 1.69 bits per heavy atom. The number of halogens is 1. The van der Waals surface area contributed by atoms with Gasteiger partial charge in [-0.2, -0.15) is 0 Å². The van der Waals surface area contributed by atoms with E-state index in [-0.39, 0.29) is 5.91 Å². The molecule has 88 valence electrons. The molecule has 16 heavy (non-hydrogen) atoms. The van der Waals surface area contributed by atoms with Crippen LogP contribution in [-0.4, -0.2) is 25.0 Å². The van der Waals surface area contributed by atoms with Gasteiger partial charge in [0.15, 0.2) is 0 Å². The van der Waals surface area contributed by atoms with E-state index in [9.17, 15) is 4.79 Å². The van der Waals surface area contributed by atoms with Crippen molar-refractivity contribution >= 4 is 39.8 Å². The molecule has 1 aliphatic rings. The van der Waals surface area contributed by atoms with Crippen LogP contribution in [0.25, 0.3) is 0 Å². The van der Waals surface area contributed by atoms with Crippen LogP contribution >= 0.6 is 33.9 Å². The lowest BCUT2D eigenvalue weighted by molar-refractivity contribution is 0.0953. The highest BCUT2D eigenvalue weighted by molar-refractivity contribution is 14.1. The van der Waals surface area contributed by atoms with Crippen molar-refractivity contribution in [1.29, 1.82) is 0 Å². The van der Waals surface area contributed by atoms with Crippen LogP contribution in [0.2, 0.25) is 0 Å². The molecule has 1 atom stereocenters. The van der Waals surface area contributed by atoms with Gasteiger partial charge in [-0.15, -0.1) is 11.3 Å². The molecule has 0 bridgehead atoms. The summed E-state index contributed by atoms with van der Waals surface area (Å²) >= 11 is 3.84. The minimum Gasteiger partial charge on any atom is -0.352 e. The topological polar surface area (TPSA) is 41.1 Å². The first-order valence-corrected chi connectivity index (χ1v) is 7.47. The van der Waals surface area contributed by atoms with Crippen molar-refractivity contribution in [3.8, 4) is 0 Å². The molecule has 1 saturated heterocycles. The maximum Gasteiger partial charge on any atom is 0.252 e. The third kappa shape index (κ3) is 3.43. The van der Waals surface area contributed by atoms with E-state index in [0.717, 1.165) is 28.0 Å². The highest BCUT2D eigenvalue weighted by atomic mass is 127. The first-order chi connectivity index (χ1) is 7.75. The highest BCUT2D eigenvalue weighted by Crippen LogP contribution is 2.16. The summed E-state index contributed by atoms with van der Waals surface area (Å²) in [5.41, 5.74) is 0.786. The standard InChI is InChI=1S/C11H15IN2OS/c12-10-6-8(7-16-10)11(15)14-5-3-9-2-1-4-13-9/h6-7,9,13H,1-5H2,(H,14,15). The second-order valence-corrected chi connectivity index (χ2v) is 6.78. The minimum absolute atomic E-state index is 0.0529. The molecule has 3 nitrogen and oxygen atoms in total. The van der Waals surface area contributed by atoms with Gasteiger partial charge in [-0.25, -0.2) is 0 Å². The van der Waals surface area contributed by atoms with Gasteiger partial charge in [0.25, 0.3) is 5.91 Å². The number of amides is 1. The summed E-state index contributed by atoms with van der Waals surface area (Å²) in [6.07, 6.45) is 3.54. The van der Waals surface area contributed by atoms with E-state index in [0.29, 0.717) is 6.04 Å². The lowest BCUT2D eigenvalue weighted by atomic mass is 10.1. The maximum absolute atomic E-state index is 11.7. The van der Waals surface area contributed by atoms with Gasteiger partial charge in [-0.05, 0) is 54.5 Å². The van der Waals surface area contributed by atoms with Crippen molar-refractivity contribution < 1.29 is 4.79 Å². The van der Waals surface area contributed by atoms with E-state index in [1.165, 1.54) is 12.8 Å². The number of hydrogen-bond donors (Lipinski definition) is 2. The van der Waals surface area contributed by atoms with Gasteiger partial charge in [0.2, 0.25) is 0 Å². The summed E-state index contributed by atoms with van der Waals surface area (Å²) in [5, 5.41) is 8.29. The molecular formula is C11H15IN2OS. The van der Waals surface area contributed by atoms with E-state index in [1.54, 1.807) is 11.3 Å². The van der Waals surface area contributed by atoms with Crippen molar-refractivity contribution in [2.45, 2.75) is 25.3 Å². The third-order valence-corrected chi connectivity index (χ3v) is 4.56. The number of hydrogen-bond acceptors (Lipinski definition) is 3. The zero-order valence-corrected chi connectivity index (χ0v) is 11.9. The Bertz CT molecular complexity index is 361. The summed E-state index contributed by atoms with van der Waals surface area (Å²) < 4.78 is 1.15. The predicted molar refractivity (Wildman–Crippen MR) is 75.0 cm³/mol. The Balaban J connectivity index is 1.71. The number of thiophene rings is 1.